The lowest BCUT2D eigenvalue weighted by Crippen LogP contribution is -1.93. The van der Waals surface area contributed by atoms with E-state index in [9.17, 15) is 5.11 Å². The Morgan fingerprint density at radius 1 is 1.17 bits per heavy atom. The normalized spacial score (nSPS) is 11.0. The minimum atomic E-state index is 0.142. The number of nitrogens with zero attached hydrogens (tertiary/aromatic N) is 2. The Morgan fingerprint density at radius 3 is 2.78 bits per heavy atom. The molecule has 0 aliphatic rings. The zero-order chi connectivity index (χ0) is 12.7. The molecule has 0 aliphatic heterocycles. The average molecular weight is 240 g/mol. The van der Waals surface area contributed by atoms with Crippen LogP contribution in [0.2, 0.25) is 0 Å². The van der Waals surface area contributed by atoms with E-state index in [1.807, 2.05) is 25.1 Å². The molecule has 0 bridgehead atoms. The van der Waals surface area contributed by atoms with E-state index in [0.29, 0.717) is 5.88 Å². The molecule has 0 unspecified atom stereocenters. The van der Waals surface area contributed by atoms with Crippen LogP contribution in [0.5, 0.6) is 11.6 Å². The highest BCUT2D eigenvalue weighted by Gasteiger charge is 2.13. The first-order chi connectivity index (χ1) is 8.72. The second-order valence-corrected chi connectivity index (χ2v) is 4.17. The first-order valence-corrected chi connectivity index (χ1v) is 5.62. The van der Waals surface area contributed by atoms with Gasteiger partial charge in [-0.2, -0.15) is 0 Å². The number of benzene rings is 1. The highest BCUT2D eigenvalue weighted by molar-refractivity contribution is 6.11. The van der Waals surface area contributed by atoms with E-state index in [4.69, 9.17) is 4.74 Å². The molecule has 0 fully saturated rings. The second-order valence-electron chi connectivity index (χ2n) is 4.17. The molecule has 0 amide bonds. The van der Waals surface area contributed by atoms with E-state index in [-0.39, 0.29) is 5.75 Å². The Bertz CT molecular complexity index is 753. The molecule has 2 heterocycles. The zero-order valence-corrected chi connectivity index (χ0v) is 10.1. The van der Waals surface area contributed by atoms with Crippen molar-refractivity contribution >= 4 is 21.7 Å². The molecule has 0 aliphatic carbocycles. The standard InChI is InChI=1S/C14H12N2O2/c1-8-4-3-5-9-12-10(6-15-7-11(12)17)14(18-2)16-13(8)9/h3-7,17H,1-2H3. The summed E-state index contributed by atoms with van der Waals surface area (Å²) < 4.78 is 5.28. The fourth-order valence-corrected chi connectivity index (χ4v) is 2.22. The fourth-order valence-electron chi connectivity index (χ4n) is 2.22. The van der Waals surface area contributed by atoms with Crippen molar-refractivity contribution in [3.8, 4) is 11.6 Å². The molecule has 2 aromatic heterocycles. The number of aryl methyl sites for hydroxylation is 1. The van der Waals surface area contributed by atoms with Gasteiger partial charge >= 0.3 is 0 Å². The number of fused-ring (bicyclic) bond motifs is 3. The van der Waals surface area contributed by atoms with Crippen LogP contribution in [0.1, 0.15) is 5.56 Å². The Morgan fingerprint density at radius 2 is 2.00 bits per heavy atom. The third kappa shape index (κ3) is 1.39. The van der Waals surface area contributed by atoms with Crippen molar-refractivity contribution in [1.82, 2.24) is 9.97 Å². The molecule has 1 N–H and O–H groups in total. The lowest BCUT2D eigenvalue weighted by atomic mass is 10.0. The molecular weight excluding hydrogens is 228 g/mol. The van der Waals surface area contributed by atoms with Gasteiger partial charge in [-0.3, -0.25) is 4.98 Å². The van der Waals surface area contributed by atoms with Crippen LogP contribution in [0.3, 0.4) is 0 Å². The minimum absolute atomic E-state index is 0.142. The summed E-state index contributed by atoms with van der Waals surface area (Å²) in [5.41, 5.74) is 1.88. The van der Waals surface area contributed by atoms with Crippen molar-refractivity contribution in [3.05, 3.63) is 36.2 Å². The quantitative estimate of drug-likeness (QED) is 0.664. The third-order valence-corrected chi connectivity index (χ3v) is 3.07. The van der Waals surface area contributed by atoms with Gasteiger partial charge in [0.25, 0.3) is 0 Å². The van der Waals surface area contributed by atoms with Gasteiger partial charge in [0.15, 0.2) is 0 Å². The lowest BCUT2D eigenvalue weighted by Gasteiger charge is -2.10. The van der Waals surface area contributed by atoms with Crippen LogP contribution in [0.15, 0.2) is 30.6 Å². The van der Waals surface area contributed by atoms with Gasteiger partial charge in [0.2, 0.25) is 5.88 Å². The summed E-state index contributed by atoms with van der Waals surface area (Å²) in [7, 11) is 1.57. The van der Waals surface area contributed by atoms with Gasteiger partial charge in [-0.15, -0.1) is 0 Å². The van der Waals surface area contributed by atoms with E-state index in [1.54, 1.807) is 13.3 Å². The minimum Gasteiger partial charge on any atom is -0.506 e. The molecule has 90 valence electrons. The van der Waals surface area contributed by atoms with Crippen LogP contribution in [0, 0.1) is 6.92 Å². The smallest absolute Gasteiger partial charge is 0.223 e. The number of hydrogen-bond donors (Lipinski definition) is 1. The van der Waals surface area contributed by atoms with Gasteiger partial charge in [0.05, 0.1) is 24.2 Å². The summed E-state index contributed by atoms with van der Waals surface area (Å²) in [6, 6.07) is 5.88. The molecule has 4 nitrogen and oxygen atoms in total. The second kappa shape index (κ2) is 3.84. The van der Waals surface area contributed by atoms with Crippen molar-refractivity contribution in [2.45, 2.75) is 6.92 Å². The number of aromatic nitrogens is 2. The summed E-state index contributed by atoms with van der Waals surface area (Å²) >= 11 is 0. The van der Waals surface area contributed by atoms with E-state index in [0.717, 1.165) is 27.2 Å². The molecule has 4 heteroatoms. The summed E-state index contributed by atoms with van der Waals surface area (Å²) in [5.74, 6) is 0.624. The monoisotopic (exact) mass is 240 g/mol. The Kier molecular flexibility index (Phi) is 2.30. The van der Waals surface area contributed by atoms with Gasteiger partial charge < -0.3 is 9.84 Å². The van der Waals surface area contributed by atoms with E-state index in [2.05, 4.69) is 9.97 Å². The molecule has 0 saturated heterocycles. The first-order valence-electron chi connectivity index (χ1n) is 5.62. The predicted octanol–water partition coefficient (Wildman–Crippen LogP) is 2.81. The molecular formula is C14H12N2O2. The Hall–Kier alpha value is -2.36. The van der Waals surface area contributed by atoms with Gasteiger partial charge in [-0.1, -0.05) is 18.2 Å². The lowest BCUT2D eigenvalue weighted by molar-refractivity contribution is 0.404. The Labute approximate surface area is 104 Å². The van der Waals surface area contributed by atoms with Crippen molar-refractivity contribution in [1.29, 1.82) is 0 Å². The topological polar surface area (TPSA) is 55.2 Å². The summed E-state index contributed by atoms with van der Waals surface area (Å²) in [6.07, 6.45) is 3.09. The summed E-state index contributed by atoms with van der Waals surface area (Å²) in [5, 5.41) is 12.4. The molecule has 18 heavy (non-hydrogen) atoms. The number of pyridine rings is 2. The third-order valence-electron chi connectivity index (χ3n) is 3.07. The molecule has 0 atom stereocenters. The van der Waals surface area contributed by atoms with Gasteiger partial charge in [-0.05, 0) is 12.5 Å². The van der Waals surface area contributed by atoms with Gasteiger partial charge in [-0.25, -0.2) is 4.98 Å². The molecule has 1 aromatic carbocycles. The highest BCUT2D eigenvalue weighted by atomic mass is 16.5. The van der Waals surface area contributed by atoms with Crippen molar-refractivity contribution in [2.75, 3.05) is 7.11 Å². The number of para-hydroxylation sites is 1. The van der Waals surface area contributed by atoms with Crippen molar-refractivity contribution < 1.29 is 9.84 Å². The SMILES string of the molecule is COc1nc2c(C)cccc2c2c(O)cncc12. The van der Waals surface area contributed by atoms with Crippen LogP contribution in [-0.2, 0) is 0 Å². The van der Waals surface area contributed by atoms with Crippen LogP contribution in [-0.4, -0.2) is 22.2 Å². The Balaban J connectivity index is 2.64. The molecule has 0 saturated carbocycles. The highest BCUT2D eigenvalue weighted by Crippen LogP contribution is 2.36. The van der Waals surface area contributed by atoms with Crippen molar-refractivity contribution in [3.63, 3.8) is 0 Å². The fraction of sp³-hybridized carbons (Fsp3) is 0.143. The molecule has 0 radical (unpaired) electrons. The van der Waals surface area contributed by atoms with Crippen LogP contribution in [0.25, 0.3) is 21.7 Å². The molecule has 3 aromatic rings. The largest absolute Gasteiger partial charge is 0.506 e. The van der Waals surface area contributed by atoms with Crippen molar-refractivity contribution in [2.24, 2.45) is 0 Å². The number of hydrogen-bond acceptors (Lipinski definition) is 4. The van der Waals surface area contributed by atoms with Crippen LogP contribution < -0.4 is 4.74 Å². The van der Waals surface area contributed by atoms with E-state index >= 15 is 0 Å². The average Bonchev–Trinajstić information content (AvgIpc) is 2.38. The summed E-state index contributed by atoms with van der Waals surface area (Å²) in [6.45, 7) is 1.98. The van der Waals surface area contributed by atoms with Gasteiger partial charge in [0, 0.05) is 17.0 Å². The molecule has 0 spiro atoms. The zero-order valence-electron chi connectivity index (χ0n) is 10.1. The number of ether oxygens (including phenoxy) is 1. The van der Waals surface area contributed by atoms with E-state index < -0.39 is 0 Å². The van der Waals surface area contributed by atoms with Crippen LogP contribution in [0.4, 0.5) is 0 Å². The number of methoxy groups -OCH3 is 1. The first kappa shape index (κ1) is 10.8. The molecule has 3 rings (SSSR count). The van der Waals surface area contributed by atoms with Crippen LogP contribution >= 0.6 is 0 Å². The van der Waals surface area contributed by atoms with E-state index in [1.165, 1.54) is 6.20 Å². The maximum atomic E-state index is 10.0. The maximum Gasteiger partial charge on any atom is 0.223 e. The van der Waals surface area contributed by atoms with Gasteiger partial charge in [0.1, 0.15) is 5.75 Å². The number of rotatable bonds is 1. The summed E-state index contributed by atoms with van der Waals surface area (Å²) in [4.78, 5) is 8.47. The number of aromatic hydroxyl groups is 1. The maximum absolute atomic E-state index is 10.0. The predicted molar refractivity (Wildman–Crippen MR) is 70.0 cm³/mol.